The Bertz CT molecular complexity index is 158. The Morgan fingerprint density at radius 3 is 2.75 bits per heavy atom. The Morgan fingerprint density at radius 2 is 2.08 bits per heavy atom. The van der Waals surface area contributed by atoms with Crippen molar-refractivity contribution in [1.29, 1.82) is 0 Å². The molecule has 0 amide bonds. The van der Waals surface area contributed by atoms with Gasteiger partial charge in [-0.3, -0.25) is 0 Å². The van der Waals surface area contributed by atoms with Crippen molar-refractivity contribution in [1.82, 2.24) is 0 Å². The van der Waals surface area contributed by atoms with Crippen LogP contribution in [-0.2, 0) is 0 Å². The van der Waals surface area contributed by atoms with Gasteiger partial charge in [-0.05, 0) is 0 Å². The van der Waals surface area contributed by atoms with Gasteiger partial charge in [0.15, 0.2) is 6.71 Å². The minimum absolute atomic E-state index is 0.840. The molecule has 1 heteroatoms. The maximum absolute atomic E-state index is 2.35. The third-order valence-corrected chi connectivity index (χ3v) is 2.50. The fraction of sp³-hybridized carbons (Fsp3) is 0.636. The average molecular weight is 162 g/mol. The second-order valence-corrected chi connectivity index (χ2v) is 3.66. The van der Waals surface area contributed by atoms with E-state index in [-0.39, 0.29) is 0 Å². The molecule has 0 saturated heterocycles. The molecule has 1 rings (SSSR count). The summed E-state index contributed by atoms with van der Waals surface area (Å²) in [6.07, 6.45) is 14.9. The summed E-state index contributed by atoms with van der Waals surface area (Å²) in [6.45, 7) is 3.11. The highest BCUT2D eigenvalue weighted by atomic mass is 13.9. The quantitative estimate of drug-likeness (QED) is 0.426. The van der Waals surface area contributed by atoms with Crippen LogP contribution >= 0.6 is 0 Å². The second kappa shape index (κ2) is 6.10. The van der Waals surface area contributed by atoms with Crippen LogP contribution in [0.5, 0.6) is 0 Å². The van der Waals surface area contributed by atoms with Crippen LogP contribution in [0.2, 0.25) is 12.6 Å². The fourth-order valence-corrected chi connectivity index (χ4v) is 1.68. The zero-order chi connectivity index (χ0) is 8.65. The lowest BCUT2D eigenvalue weighted by atomic mass is 9.43. The molecule has 1 aliphatic rings. The van der Waals surface area contributed by atoms with Crippen molar-refractivity contribution in [3.63, 3.8) is 0 Å². The number of allylic oxidation sites excluding steroid dienone is 3. The average Bonchev–Trinajstić information content (AvgIpc) is 2.14. The van der Waals surface area contributed by atoms with Gasteiger partial charge in [0.05, 0.1) is 0 Å². The summed E-state index contributed by atoms with van der Waals surface area (Å²) >= 11 is 0. The molecule has 0 fully saturated rings. The van der Waals surface area contributed by atoms with Crippen LogP contribution in [0.4, 0.5) is 0 Å². The summed E-state index contributed by atoms with van der Waals surface area (Å²) in [5, 5.41) is 0. The molecule has 66 valence electrons. The first-order valence-electron chi connectivity index (χ1n) is 5.27. The van der Waals surface area contributed by atoms with E-state index in [2.05, 4.69) is 31.1 Å². The predicted octanol–water partition coefficient (Wildman–Crippen LogP) is 3.73. The van der Waals surface area contributed by atoms with Crippen LogP contribution in [0.15, 0.2) is 24.2 Å². The van der Waals surface area contributed by atoms with Gasteiger partial charge < -0.3 is 0 Å². The largest absolute Gasteiger partial charge is 0.170 e. The predicted molar refractivity (Wildman–Crippen MR) is 57.8 cm³/mol. The van der Waals surface area contributed by atoms with Crippen molar-refractivity contribution in [2.24, 2.45) is 0 Å². The van der Waals surface area contributed by atoms with Crippen LogP contribution in [0.3, 0.4) is 0 Å². The van der Waals surface area contributed by atoms with Gasteiger partial charge in [-0.25, -0.2) is 0 Å². The molecule has 0 spiro atoms. The first-order valence-corrected chi connectivity index (χ1v) is 5.27. The number of rotatable bonds is 5. The van der Waals surface area contributed by atoms with Crippen LogP contribution in [-0.4, -0.2) is 6.71 Å². The van der Waals surface area contributed by atoms with E-state index in [9.17, 15) is 0 Å². The zero-order valence-electron chi connectivity index (χ0n) is 8.13. The normalized spacial score (nSPS) is 15.6. The summed E-state index contributed by atoms with van der Waals surface area (Å²) < 4.78 is 0. The summed E-state index contributed by atoms with van der Waals surface area (Å²) in [7, 11) is 0. The maximum Gasteiger partial charge on any atom is 0.170 e. The molecule has 1 heterocycles. The van der Waals surface area contributed by atoms with Gasteiger partial charge in [0, 0.05) is 0 Å². The monoisotopic (exact) mass is 162 g/mol. The summed E-state index contributed by atoms with van der Waals surface area (Å²) in [4.78, 5) is 0. The van der Waals surface area contributed by atoms with Crippen molar-refractivity contribution < 1.29 is 0 Å². The summed E-state index contributed by atoms with van der Waals surface area (Å²) in [5.74, 6) is 2.35. The number of hydrogen-bond donors (Lipinski definition) is 0. The minimum Gasteiger partial charge on any atom is -0.115 e. The highest BCUT2D eigenvalue weighted by Crippen LogP contribution is 2.12. The maximum atomic E-state index is 2.35. The molecular formula is C11H19B. The van der Waals surface area contributed by atoms with E-state index in [4.69, 9.17) is 0 Å². The van der Waals surface area contributed by atoms with Gasteiger partial charge in [0.25, 0.3) is 0 Å². The molecular weight excluding hydrogens is 143 g/mol. The first kappa shape index (κ1) is 9.63. The lowest BCUT2D eigenvalue weighted by molar-refractivity contribution is 0.699. The van der Waals surface area contributed by atoms with Crippen LogP contribution in [0.1, 0.15) is 32.6 Å². The standard InChI is InChI=1S/C11H19B/c1-2-3-4-6-9-12-10-7-5-8-11-12/h5,7-8,10H,2-4,6,9,11H2,1H3. The van der Waals surface area contributed by atoms with Gasteiger partial charge in [-0.15, -0.1) is 5.98 Å². The highest BCUT2D eigenvalue weighted by molar-refractivity contribution is 6.65. The van der Waals surface area contributed by atoms with Crippen molar-refractivity contribution in [3.8, 4) is 0 Å². The Labute approximate surface area is 76.8 Å². The van der Waals surface area contributed by atoms with Crippen molar-refractivity contribution in [2.45, 2.75) is 45.2 Å². The van der Waals surface area contributed by atoms with Gasteiger partial charge in [-0.1, -0.05) is 63.5 Å². The van der Waals surface area contributed by atoms with Gasteiger partial charge >= 0.3 is 0 Å². The summed E-state index contributed by atoms with van der Waals surface area (Å²) in [5.41, 5.74) is 0. The van der Waals surface area contributed by atoms with E-state index in [1.54, 1.807) is 0 Å². The van der Waals surface area contributed by atoms with E-state index in [0.717, 1.165) is 6.71 Å². The molecule has 0 atom stereocenters. The smallest absolute Gasteiger partial charge is 0.115 e. The Kier molecular flexibility index (Phi) is 4.90. The Balaban J connectivity index is 2.00. The Hall–Kier alpha value is -0.455. The van der Waals surface area contributed by atoms with E-state index >= 15 is 0 Å². The first-order chi connectivity index (χ1) is 5.93. The van der Waals surface area contributed by atoms with Crippen LogP contribution < -0.4 is 0 Å². The molecule has 0 unspecified atom stereocenters. The number of unbranched alkanes of at least 4 members (excludes halogenated alkanes) is 3. The van der Waals surface area contributed by atoms with E-state index < -0.39 is 0 Å². The molecule has 0 aromatic carbocycles. The van der Waals surface area contributed by atoms with Crippen molar-refractivity contribution in [2.75, 3.05) is 0 Å². The molecule has 0 radical (unpaired) electrons. The van der Waals surface area contributed by atoms with Gasteiger partial charge in [0.1, 0.15) is 0 Å². The molecule has 0 saturated carbocycles. The lowest BCUT2D eigenvalue weighted by Crippen LogP contribution is -2.08. The van der Waals surface area contributed by atoms with E-state index in [1.807, 2.05) is 0 Å². The SMILES string of the molecule is CCCCCCB1C=CC=CC1. The second-order valence-electron chi connectivity index (χ2n) is 3.66. The molecule has 0 aliphatic carbocycles. The topological polar surface area (TPSA) is 0 Å². The van der Waals surface area contributed by atoms with E-state index in [0.29, 0.717) is 0 Å². The van der Waals surface area contributed by atoms with Crippen LogP contribution in [0.25, 0.3) is 0 Å². The Morgan fingerprint density at radius 1 is 1.17 bits per heavy atom. The van der Waals surface area contributed by atoms with E-state index in [1.165, 1.54) is 38.3 Å². The van der Waals surface area contributed by atoms with Gasteiger partial charge in [0.2, 0.25) is 0 Å². The third-order valence-electron chi connectivity index (χ3n) is 2.50. The molecule has 0 N–H and O–H groups in total. The van der Waals surface area contributed by atoms with Crippen LogP contribution in [0, 0.1) is 0 Å². The number of hydrogen-bond acceptors (Lipinski definition) is 0. The zero-order valence-corrected chi connectivity index (χ0v) is 8.13. The van der Waals surface area contributed by atoms with Crippen molar-refractivity contribution in [3.05, 3.63) is 24.2 Å². The summed E-state index contributed by atoms with van der Waals surface area (Å²) in [6, 6.07) is 0. The molecule has 0 nitrogen and oxygen atoms in total. The third kappa shape index (κ3) is 3.80. The van der Waals surface area contributed by atoms with Gasteiger partial charge in [-0.2, -0.15) is 0 Å². The van der Waals surface area contributed by atoms with Crippen molar-refractivity contribution >= 4 is 6.71 Å². The molecule has 0 bridgehead atoms. The molecule has 0 aromatic rings. The lowest BCUT2D eigenvalue weighted by Gasteiger charge is -2.08. The molecule has 12 heavy (non-hydrogen) atoms. The minimum atomic E-state index is 0.840. The fourth-order valence-electron chi connectivity index (χ4n) is 1.68. The molecule has 0 aromatic heterocycles. The molecule has 1 aliphatic heterocycles. The highest BCUT2D eigenvalue weighted by Gasteiger charge is 2.08.